The zero-order valence-corrected chi connectivity index (χ0v) is 13.5. The molecule has 0 N–H and O–H groups in total. The highest BCUT2D eigenvalue weighted by Crippen LogP contribution is 2.29. The van der Waals surface area contributed by atoms with E-state index in [2.05, 4.69) is 0 Å². The summed E-state index contributed by atoms with van der Waals surface area (Å²) < 4.78 is 0.655. The van der Waals surface area contributed by atoms with Crippen molar-refractivity contribution >= 4 is 39.1 Å². The summed E-state index contributed by atoms with van der Waals surface area (Å²) in [7, 11) is 3.68. The standard InChI is InChI=1S/C15H16N2O2S2/c1-16(2)15(20)21-10-14(17(18)19)13-9-5-7-11-6-3-4-8-12(11)13/h3-9,14H,10H2,1-2H3. The Balaban J connectivity index is 2.33. The van der Waals surface area contributed by atoms with E-state index < -0.39 is 6.04 Å². The number of nitrogens with zero attached hydrogens (tertiary/aromatic N) is 2. The van der Waals surface area contributed by atoms with Gasteiger partial charge in [0.05, 0.1) is 5.75 Å². The van der Waals surface area contributed by atoms with Gasteiger partial charge in [-0.05, 0) is 10.8 Å². The topological polar surface area (TPSA) is 46.4 Å². The van der Waals surface area contributed by atoms with Crippen molar-refractivity contribution in [2.75, 3.05) is 19.8 Å². The van der Waals surface area contributed by atoms with Crippen LogP contribution in [-0.2, 0) is 0 Å². The van der Waals surface area contributed by atoms with Crippen LogP contribution in [0, 0.1) is 10.1 Å². The molecule has 2 aromatic carbocycles. The highest BCUT2D eigenvalue weighted by atomic mass is 32.2. The average Bonchev–Trinajstić information content (AvgIpc) is 2.47. The molecule has 0 spiro atoms. The first kappa shape index (κ1) is 15.7. The lowest BCUT2D eigenvalue weighted by Gasteiger charge is -2.15. The van der Waals surface area contributed by atoms with Gasteiger partial charge in [-0.2, -0.15) is 0 Å². The minimum absolute atomic E-state index is 0.229. The Morgan fingerprint density at radius 2 is 1.95 bits per heavy atom. The zero-order valence-electron chi connectivity index (χ0n) is 11.9. The van der Waals surface area contributed by atoms with E-state index >= 15 is 0 Å². The predicted octanol–water partition coefficient (Wildman–Crippen LogP) is 3.74. The minimum atomic E-state index is -0.765. The van der Waals surface area contributed by atoms with Crippen LogP contribution in [0.3, 0.4) is 0 Å². The van der Waals surface area contributed by atoms with Crippen LogP contribution >= 0.6 is 24.0 Å². The average molecular weight is 320 g/mol. The van der Waals surface area contributed by atoms with Crippen LogP contribution in [0.1, 0.15) is 11.6 Å². The molecule has 0 fully saturated rings. The van der Waals surface area contributed by atoms with Crippen molar-refractivity contribution in [3.8, 4) is 0 Å². The van der Waals surface area contributed by atoms with Crippen molar-refractivity contribution in [3.63, 3.8) is 0 Å². The van der Waals surface area contributed by atoms with Gasteiger partial charge in [0.15, 0.2) is 0 Å². The van der Waals surface area contributed by atoms with Gasteiger partial charge in [0.1, 0.15) is 4.32 Å². The Morgan fingerprint density at radius 1 is 1.29 bits per heavy atom. The molecule has 2 aromatic rings. The minimum Gasteiger partial charge on any atom is -0.364 e. The van der Waals surface area contributed by atoms with E-state index in [1.54, 1.807) is 4.90 Å². The SMILES string of the molecule is CN(C)C(=S)SCC(c1cccc2ccccc12)[N+](=O)[O-]. The number of thioether (sulfide) groups is 1. The third kappa shape index (κ3) is 3.71. The highest BCUT2D eigenvalue weighted by molar-refractivity contribution is 8.22. The Bertz CT molecular complexity index is 668. The molecule has 0 aliphatic rings. The summed E-state index contributed by atoms with van der Waals surface area (Å²) in [5.41, 5.74) is 0.743. The second-order valence-corrected chi connectivity index (χ2v) is 6.49. The van der Waals surface area contributed by atoms with E-state index in [0.29, 0.717) is 10.1 Å². The molecule has 0 bridgehead atoms. The fraction of sp³-hybridized carbons (Fsp3) is 0.267. The van der Waals surface area contributed by atoms with Crippen molar-refractivity contribution in [1.82, 2.24) is 4.90 Å². The van der Waals surface area contributed by atoms with Crippen molar-refractivity contribution in [2.45, 2.75) is 6.04 Å². The van der Waals surface area contributed by atoms with E-state index in [9.17, 15) is 10.1 Å². The molecule has 21 heavy (non-hydrogen) atoms. The molecule has 0 aliphatic carbocycles. The smallest absolute Gasteiger partial charge is 0.248 e. The molecule has 0 saturated carbocycles. The number of benzene rings is 2. The molecular weight excluding hydrogens is 304 g/mol. The van der Waals surface area contributed by atoms with E-state index in [1.807, 2.05) is 56.6 Å². The van der Waals surface area contributed by atoms with Gasteiger partial charge in [0.25, 0.3) is 0 Å². The third-order valence-electron chi connectivity index (χ3n) is 3.17. The van der Waals surface area contributed by atoms with Crippen molar-refractivity contribution in [3.05, 3.63) is 58.1 Å². The van der Waals surface area contributed by atoms with Gasteiger partial charge in [-0.1, -0.05) is 66.4 Å². The molecular formula is C15H16N2O2S2. The van der Waals surface area contributed by atoms with Crippen LogP contribution in [0.5, 0.6) is 0 Å². The van der Waals surface area contributed by atoms with Gasteiger partial charge in [-0.15, -0.1) is 0 Å². The maximum Gasteiger partial charge on any atom is 0.248 e. The molecule has 110 valence electrons. The Morgan fingerprint density at radius 3 is 2.62 bits per heavy atom. The normalized spacial score (nSPS) is 12.1. The molecule has 0 heterocycles. The van der Waals surface area contributed by atoms with E-state index in [4.69, 9.17) is 12.2 Å². The summed E-state index contributed by atoms with van der Waals surface area (Å²) in [6.07, 6.45) is 0. The molecule has 1 atom stereocenters. The van der Waals surface area contributed by atoms with Crippen LogP contribution in [0.15, 0.2) is 42.5 Å². The Labute approximate surface area is 133 Å². The summed E-state index contributed by atoms with van der Waals surface area (Å²) in [6, 6.07) is 12.6. The van der Waals surface area contributed by atoms with E-state index in [0.717, 1.165) is 16.3 Å². The van der Waals surface area contributed by atoms with Gasteiger partial charge < -0.3 is 4.90 Å². The molecule has 0 aromatic heterocycles. The van der Waals surface area contributed by atoms with E-state index in [-0.39, 0.29) is 4.92 Å². The fourth-order valence-corrected chi connectivity index (χ4v) is 3.15. The largest absolute Gasteiger partial charge is 0.364 e. The first-order valence-corrected chi connectivity index (χ1v) is 7.85. The molecule has 6 heteroatoms. The summed E-state index contributed by atoms with van der Waals surface area (Å²) in [6.45, 7) is 0. The first-order valence-electron chi connectivity index (χ1n) is 6.46. The van der Waals surface area contributed by atoms with Gasteiger partial charge >= 0.3 is 0 Å². The Hall–Kier alpha value is -1.66. The van der Waals surface area contributed by atoms with E-state index in [1.165, 1.54) is 11.8 Å². The van der Waals surface area contributed by atoms with Crippen LogP contribution in [-0.4, -0.2) is 34.0 Å². The summed E-state index contributed by atoms with van der Waals surface area (Å²) in [5.74, 6) is 0.331. The van der Waals surface area contributed by atoms with Crippen LogP contribution in [0.2, 0.25) is 0 Å². The fourth-order valence-electron chi connectivity index (χ4n) is 2.08. The quantitative estimate of drug-likeness (QED) is 0.488. The molecule has 1 unspecified atom stereocenters. The number of hydrogen-bond donors (Lipinski definition) is 0. The second kappa shape index (κ2) is 6.87. The molecule has 4 nitrogen and oxygen atoms in total. The van der Waals surface area contributed by atoms with Gasteiger partial charge in [0.2, 0.25) is 6.04 Å². The molecule has 0 radical (unpaired) electrons. The van der Waals surface area contributed by atoms with Crippen molar-refractivity contribution in [2.24, 2.45) is 0 Å². The van der Waals surface area contributed by atoms with Crippen molar-refractivity contribution < 1.29 is 4.92 Å². The van der Waals surface area contributed by atoms with Gasteiger partial charge in [0, 0.05) is 24.6 Å². The zero-order chi connectivity index (χ0) is 15.4. The molecule has 0 saturated heterocycles. The van der Waals surface area contributed by atoms with Crippen LogP contribution in [0.4, 0.5) is 0 Å². The van der Waals surface area contributed by atoms with Crippen LogP contribution in [0.25, 0.3) is 10.8 Å². The number of nitro groups is 1. The third-order valence-corrected chi connectivity index (χ3v) is 4.98. The lowest BCUT2D eigenvalue weighted by atomic mass is 10.00. The monoisotopic (exact) mass is 320 g/mol. The van der Waals surface area contributed by atoms with Gasteiger partial charge in [-0.3, -0.25) is 10.1 Å². The number of rotatable bonds is 4. The lowest BCUT2D eigenvalue weighted by molar-refractivity contribution is -0.522. The number of hydrogen-bond acceptors (Lipinski definition) is 4. The van der Waals surface area contributed by atoms with Crippen molar-refractivity contribution in [1.29, 1.82) is 0 Å². The number of thiocarbonyl (C=S) groups is 1. The molecule has 0 amide bonds. The summed E-state index contributed by atoms with van der Waals surface area (Å²) >= 11 is 6.54. The van der Waals surface area contributed by atoms with Gasteiger partial charge in [-0.25, -0.2) is 0 Å². The summed E-state index contributed by atoms with van der Waals surface area (Å²) in [5, 5.41) is 13.4. The maximum atomic E-state index is 11.5. The molecule has 0 aliphatic heterocycles. The molecule has 2 rings (SSSR count). The number of fused-ring (bicyclic) bond motifs is 1. The lowest BCUT2D eigenvalue weighted by Crippen LogP contribution is -2.20. The maximum absolute atomic E-state index is 11.5. The second-order valence-electron chi connectivity index (χ2n) is 4.84. The van der Waals surface area contributed by atoms with Crippen LogP contribution < -0.4 is 0 Å². The first-order chi connectivity index (χ1) is 10.0. The Kier molecular flexibility index (Phi) is 5.14. The predicted molar refractivity (Wildman–Crippen MR) is 92.4 cm³/mol. The highest BCUT2D eigenvalue weighted by Gasteiger charge is 2.25. The summed E-state index contributed by atoms with van der Waals surface area (Å²) in [4.78, 5) is 13.0.